The maximum absolute atomic E-state index is 12.7. The Hall–Kier alpha value is -1.36. The summed E-state index contributed by atoms with van der Waals surface area (Å²) in [4.78, 5) is 12.7. The van der Waals surface area contributed by atoms with Crippen LogP contribution in [-0.2, 0) is 17.8 Å². The van der Waals surface area contributed by atoms with Crippen molar-refractivity contribution in [3.05, 3.63) is 11.3 Å². The summed E-state index contributed by atoms with van der Waals surface area (Å²) in [6.07, 6.45) is 9.81. The highest BCUT2D eigenvalue weighted by atomic mass is 16.1. The van der Waals surface area contributed by atoms with Crippen molar-refractivity contribution in [1.82, 2.24) is 15.5 Å². The van der Waals surface area contributed by atoms with Gasteiger partial charge < -0.3 is 10.6 Å². The fraction of sp³-hybridized carbons (Fsp3) is 0.778. The molecule has 0 spiro atoms. The van der Waals surface area contributed by atoms with Gasteiger partial charge in [-0.15, -0.1) is 0 Å². The van der Waals surface area contributed by atoms with Crippen molar-refractivity contribution in [2.45, 2.75) is 57.9 Å². The number of carbonyl (C=O) groups is 1. The molecule has 124 valence electrons. The molecule has 23 heavy (non-hydrogen) atoms. The van der Waals surface area contributed by atoms with Gasteiger partial charge in [-0.05, 0) is 61.7 Å². The monoisotopic (exact) mass is 314 g/mol. The zero-order valence-corrected chi connectivity index (χ0v) is 13.7. The summed E-state index contributed by atoms with van der Waals surface area (Å²) in [7, 11) is 0. The van der Waals surface area contributed by atoms with Crippen LogP contribution in [0.1, 0.15) is 56.2 Å². The van der Waals surface area contributed by atoms with Gasteiger partial charge >= 0.3 is 0 Å². The third kappa shape index (κ3) is 2.40. The Balaban J connectivity index is 1.30. The number of anilines is 1. The molecule has 0 unspecified atom stereocenters. The number of nitrogens with zero attached hydrogens (tertiary/aromatic N) is 1. The van der Waals surface area contributed by atoms with Crippen LogP contribution in [0.2, 0.25) is 0 Å². The highest BCUT2D eigenvalue weighted by Crippen LogP contribution is 2.61. The zero-order chi connectivity index (χ0) is 15.4. The summed E-state index contributed by atoms with van der Waals surface area (Å²) in [6.45, 7) is 1.79. The van der Waals surface area contributed by atoms with Crippen LogP contribution in [0.15, 0.2) is 0 Å². The number of fused-ring (bicyclic) bond motifs is 1. The number of hydrogen-bond donors (Lipinski definition) is 3. The van der Waals surface area contributed by atoms with E-state index in [1.807, 2.05) is 0 Å². The molecule has 1 aromatic rings. The first-order valence-corrected chi connectivity index (χ1v) is 9.26. The first-order chi connectivity index (χ1) is 11.2. The van der Waals surface area contributed by atoms with Crippen molar-refractivity contribution in [3.63, 3.8) is 0 Å². The molecule has 4 aliphatic carbocycles. The maximum atomic E-state index is 12.7. The highest BCUT2D eigenvalue weighted by molar-refractivity contribution is 5.91. The molecule has 5 heteroatoms. The number of nitrogens with one attached hydrogen (secondary N) is 3. The molecule has 1 amide bonds. The van der Waals surface area contributed by atoms with E-state index < -0.39 is 0 Å². The fourth-order valence-electron chi connectivity index (χ4n) is 6.35. The minimum atomic E-state index is 0.173. The summed E-state index contributed by atoms with van der Waals surface area (Å²) in [5, 5.41) is 13.9. The predicted octanol–water partition coefficient (Wildman–Crippen LogP) is 2.60. The zero-order valence-electron chi connectivity index (χ0n) is 13.7. The summed E-state index contributed by atoms with van der Waals surface area (Å²) in [5.74, 6) is 3.62. The van der Waals surface area contributed by atoms with E-state index in [0.717, 1.165) is 48.6 Å². The van der Waals surface area contributed by atoms with Gasteiger partial charge in [0.15, 0.2) is 5.82 Å². The van der Waals surface area contributed by atoms with E-state index >= 15 is 0 Å². The van der Waals surface area contributed by atoms with Gasteiger partial charge in [0.1, 0.15) is 0 Å². The minimum absolute atomic E-state index is 0.173. The molecule has 1 aromatic heterocycles. The first kappa shape index (κ1) is 14.0. The van der Waals surface area contributed by atoms with Crippen LogP contribution in [0.4, 0.5) is 5.82 Å². The molecule has 0 radical (unpaired) electrons. The number of hydrogen-bond acceptors (Lipinski definition) is 3. The molecule has 1 aliphatic heterocycles. The maximum Gasteiger partial charge on any atom is 0.226 e. The average molecular weight is 314 g/mol. The second-order valence-electron chi connectivity index (χ2n) is 8.60. The first-order valence-electron chi connectivity index (χ1n) is 9.26. The molecular weight excluding hydrogens is 288 g/mol. The van der Waals surface area contributed by atoms with Crippen LogP contribution >= 0.6 is 0 Å². The van der Waals surface area contributed by atoms with Gasteiger partial charge in [-0.2, -0.15) is 5.10 Å². The van der Waals surface area contributed by atoms with Gasteiger partial charge in [0.05, 0.1) is 0 Å². The number of amides is 1. The van der Waals surface area contributed by atoms with Crippen LogP contribution in [-0.4, -0.2) is 22.6 Å². The van der Waals surface area contributed by atoms with Crippen LogP contribution in [0, 0.1) is 23.2 Å². The van der Waals surface area contributed by atoms with Gasteiger partial charge in [-0.25, -0.2) is 0 Å². The third-order valence-electron chi connectivity index (χ3n) is 6.76. The smallest absolute Gasteiger partial charge is 0.226 e. The molecular formula is C18H26N4O. The lowest BCUT2D eigenvalue weighted by atomic mass is 9.49. The Morgan fingerprint density at radius 3 is 2.57 bits per heavy atom. The van der Waals surface area contributed by atoms with E-state index in [0.29, 0.717) is 11.8 Å². The van der Waals surface area contributed by atoms with Gasteiger partial charge in [-0.3, -0.25) is 9.89 Å². The Morgan fingerprint density at radius 1 is 1.17 bits per heavy atom. The van der Waals surface area contributed by atoms with E-state index in [1.165, 1.54) is 44.2 Å². The van der Waals surface area contributed by atoms with Crippen molar-refractivity contribution < 1.29 is 4.79 Å². The minimum Gasteiger partial charge on any atom is -0.312 e. The van der Waals surface area contributed by atoms with Crippen LogP contribution in [0.5, 0.6) is 0 Å². The molecule has 0 aromatic carbocycles. The molecule has 0 saturated heterocycles. The lowest BCUT2D eigenvalue weighted by molar-refractivity contribution is -0.124. The van der Waals surface area contributed by atoms with Gasteiger partial charge in [0, 0.05) is 37.2 Å². The summed E-state index contributed by atoms with van der Waals surface area (Å²) in [5.41, 5.74) is 2.62. The molecule has 4 fully saturated rings. The van der Waals surface area contributed by atoms with Crippen molar-refractivity contribution >= 4 is 11.7 Å². The molecule has 4 saturated carbocycles. The van der Waals surface area contributed by atoms with Crippen molar-refractivity contribution in [2.24, 2.45) is 23.2 Å². The number of carbonyl (C=O) groups excluding carboxylic acids is 1. The van der Waals surface area contributed by atoms with E-state index in [4.69, 9.17) is 0 Å². The van der Waals surface area contributed by atoms with Crippen molar-refractivity contribution in [2.75, 3.05) is 11.9 Å². The number of aromatic nitrogens is 2. The van der Waals surface area contributed by atoms with E-state index in [-0.39, 0.29) is 5.91 Å². The number of aromatic amines is 1. The second-order valence-corrected chi connectivity index (χ2v) is 8.60. The van der Waals surface area contributed by atoms with Crippen LogP contribution in [0.3, 0.4) is 0 Å². The lowest BCUT2D eigenvalue weighted by Gasteiger charge is -2.56. The van der Waals surface area contributed by atoms with Crippen molar-refractivity contribution in [3.8, 4) is 0 Å². The number of H-pyrrole nitrogens is 1. The molecule has 0 atom stereocenters. The SMILES string of the molecule is O=C(CC12CC3CC(CC(C3)C1)C2)Nc1n[nH]c2c1CNCC2. The van der Waals surface area contributed by atoms with E-state index in [1.54, 1.807) is 0 Å². The average Bonchev–Trinajstić information content (AvgIpc) is 2.88. The van der Waals surface area contributed by atoms with Crippen LogP contribution < -0.4 is 10.6 Å². The Kier molecular flexibility index (Phi) is 3.09. The highest BCUT2D eigenvalue weighted by Gasteiger charge is 2.51. The molecule has 5 aliphatic rings. The third-order valence-corrected chi connectivity index (χ3v) is 6.76. The van der Waals surface area contributed by atoms with Gasteiger partial charge in [0.25, 0.3) is 0 Å². The summed E-state index contributed by atoms with van der Waals surface area (Å²) >= 11 is 0. The Bertz CT molecular complexity index is 600. The van der Waals surface area contributed by atoms with Crippen LogP contribution in [0.25, 0.3) is 0 Å². The van der Waals surface area contributed by atoms with E-state index in [2.05, 4.69) is 20.8 Å². The fourth-order valence-corrected chi connectivity index (χ4v) is 6.35. The summed E-state index contributed by atoms with van der Waals surface area (Å²) < 4.78 is 0. The molecule has 6 rings (SSSR count). The molecule has 5 nitrogen and oxygen atoms in total. The Morgan fingerprint density at radius 2 is 1.87 bits per heavy atom. The lowest BCUT2D eigenvalue weighted by Crippen LogP contribution is -2.47. The number of rotatable bonds is 3. The quantitative estimate of drug-likeness (QED) is 0.803. The topological polar surface area (TPSA) is 69.8 Å². The predicted molar refractivity (Wildman–Crippen MR) is 87.9 cm³/mol. The summed E-state index contributed by atoms with van der Waals surface area (Å²) in [6, 6.07) is 0. The Labute approximate surface area is 137 Å². The normalized spacial score (nSPS) is 37.7. The van der Waals surface area contributed by atoms with E-state index in [9.17, 15) is 4.79 Å². The molecule has 4 bridgehead atoms. The molecule has 3 N–H and O–H groups in total. The largest absolute Gasteiger partial charge is 0.312 e. The van der Waals surface area contributed by atoms with Crippen molar-refractivity contribution in [1.29, 1.82) is 0 Å². The van der Waals surface area contributed by atoms with Gasteiger partial charge in [-0.1, -0.05) is 0 Å². The molecule has 2 heterocycles. The standard InChI is InChI=1S/C18H26N4O/c23-16(20-17-14-10-19-2-1-15(14)21-22-17)9-18-6-11-3-12(7-18)5-13(4-11)8-18/h11-13,19H,1-10H2,(H2,20,21,22,23). The van der Waals surface area contributed by atoms with Gasteiger partial charge in [0.2, 0.25) is 5.91 Å². The second kappa shape index (κ2) is 5.07.